The minimum absolute atomic E-state index is 0. The normalized spacial score (nSPS) is 13.0. The highest BCUT2D eigenvalue weighted by molar-refractivity contribution is 5.94. The average molecular weight is 331 g/mol. The van der Waals surface area contributed by atoms with Gasteiger partial charge in [-0.05, 0) is 37.4 Å². The zero-order valence-electron chi connectivity index (χ0n) is 13.1. The van der Waals surface area contributed by atoms with E-state index in [9.17, 15) is 4.79 Å². The molecule has 1 amide bonds. The number of ether oxygens (including phenoxy) is 3. The molecule has 7 heteroatoms. The second-order valence-corrected chi connectivity index (χ2v) is 5.00. The van der Waals surface area contributed by atoms with Crippen molar-refractivity contribution in [1.29, 1.82) is 0 Å². The summed E-state index contributed by atoms with van der Waals surface area (Å²) in [5.41, 5.74) is 0.563. The number of hydrogen-bond acceptors (Lipinski definition) is 5. The molecule has 1 aromatic carbocycles. The highest BCUT2D eigenvalue weighted by atomic mass is 35.5. The quantitative estimate of drug-likeness (QED) is 0.763. The van der Waals surface area contributed by atoms with Crippen molar-refractivity contribution >= 4 is 24.0 Å². The first kappa shape index (κ1) is 18.4. The van der Waals surface area contributed by atoms with E-state index in [-0.39, 0.29) is 24.9 Å². The van der Waals surface area contributed by atoms with E-state index >= 15 is 0 Å². The van der Waals surface area contributed by atoms with Crippen LogP contribution in [0.25, 0.3) is 0 Å². The molecule has 0 aromatic heterocycles. The predicted molar refractivity (Wildman–Crippen MR) is 87.6 cm³/mol. The summed E-state index contributed by atoms with van der Waals surface area (Å²) in [6.45, 7) is 1.19. The van der Waals surface area contributed by atoms with Crippen LogP contribution in [0, 0.1) is 5.92 Å². The van der Waals surface area contributed by atoms with Crippen LogP contribution in [0.5, 0.6) is 17.2 Å². The fourth-order valence-corrected chi connectivity index (χ4v) is 2.11. The van der Waals surface area contributed by atoms with E-state index in [2.05, 4.69) is 10.6 Å². The molecule has 0 radical (unpaired) electrons. The summed E-state index contributed by atoms with van der Waals surface area (Å²) >= 11 is 0. The number of halogens is 1. The van der Waals surface area contributed by atoms with Crippen LogP contribution < -0.4 is 24.8 Å². The van der Waals surface area contributed by atoms with Crippen molar-refractivity contribution in [3.8, 4) is 17.2 Å². The molecule has 1 saturated carbocycles. The van der Waals surface area contributed by atoms with Crippen molar-refractivity contribution in [2.75, 3.05) is 39.7 Å². The molecule has 0 heterocycles. The molecule has 1 aliphatic rings. The van der Waals surface area contributed by atoms with E-state index in [1.54, 1.807) is 19.2 Å². The molecule has 0 saturated heterocycles. The summed E-state index contributed by atoms with van der Waals surface area (Å²) in [5.74, 6) is 2.10. The van der Waals surface area contributed by atoms with Crippen LogP contribution in [0.15, 0.2) is 12.1 Å². The molecule has 2 rings (SSSR count). The van der Waals surface area contributed by atoms with Crippen molar-refractivity contribution in [3.05, 3.63) is 12.1 Å². The minimum Gasteiger partial charge on any atom is -0.493 e. The van der Waals surface area contributed by atoms with Crippen LogP contribution in [0.2, 0.25) is 0 Å². The number of benzene rings is 1. The van der Waals surface area contributed by atoms with Gasteiger partial charge in [0.25, 0.3) is 0 Å². The zero-order chi connectivity index (χ0) is 15.2. The van der Waals surface area contributed by atoms with Crippen LogP contribution >= 0.6 is 12.4 Å². The molecule has 1 aliphatic carbocycles. The first-order chi connectivity index (χ1) is 10.2. The van der Waals surface area contributed by atoms with Gasteiger partial charge in [0.2, 0.25) is 11.7 Å². The molecule has 2 N–H and O–H groups in total. The zero-order valence-corrected chi connectivity index (χ0v) is 13.9. The van der Waals surface area contributed by atoms with Gasteiger partial charge >= 0.3 is 0 Å². The predicted octanol–water partition coefficient (Wildman–Crippen LogP) is 2.07. The standard InChI is InChI=1S/C15H22N2O4.ClH/c1-19-12-7-6-11(14(20-2)15(12)21-3)17-13(18)9-16-8-10-4-5-10;/h6-7,10,16H,4-5,8-9H2,1-3H3,(H,17,18);1H. The molecule has 124 valence electrons. The lowest BCUT2D eigenvalue weighted by atomic mass is 10.2. The number of methoxy groups -OCH3 is 3. The van der Waals surface area contributed by atoms with Gasteiger partial charge in [-0.15, -0.1) is 12.4 Å². The van der Waals surface area contributed by atoms with Gasteiger partial charge in [-0.1, -0.05) is 0 Å². The highest BCUT2D eigenvalue weighted by Gasteiger charge is 2.21. The molecule has 6 nitrogen and oxygen atoms in total. The van der Waals surface area contributed by atoms with E-state index in [1.807, 2.05) is 0 Å². The summed E-state index contributed by atoms with van der Waals surface area (Å²) < 4.78 is 15.8. The second kappa shape index (κ2) is 8.70. The van der Waals surface area contributed by atoms with Gasteiger partial charge in [0.15, 0.2) is 11.5 Å². The maximum atomic E-state index is 11.9. The monoisotopic (exact) mass is 330 g/mol. The molecule has 0 atom stereocenters. The Balaban J connectivity index is 0.00000242. The van der Waals surface area contributed by atoms with Gasteiger partial charge in [0.05, 0.1) is 33.6 Å². The third kappa shape index (κ3) is 4.68. The van der Waals surface area contributed by atoms with Gasteiger partial charge in [-0.3, -0.25) is 4.79 Å². The first-order valence-electron chi connectivity index (χ1n) is 6.99. The van der Waals surface area contributed by atoms with Crippen LogP contribution in [-0.4, -0.2) is 40.3 Å². The lowest BCUT2D eigenvalue weighted by Gasteiger charge is -2.16. The molecule has 1 fully saturated rings. The van der Waals surface area contributed by atoms with Crippen LogP contribution in [0.1, 0.15) is 12.8 Å². The van der Waals surface area contributed by atoms with Crippen LogP contribution in [0.4, 0.5) is 5.69 Å². The minimum atomic E-state index is -0.110. The van der Waals surface area contributed by atoms with Gasteiger partial charge < -0.3 is 24.8 Å². The molecular formula is C15H23ClN2O4. The van der Waals surface area contributed by atoms with Crippen molar-refractivity contribution in [2.45, 2.75) is 12.8 Å². The maximum Gasteiger partial charge on any atom is 0.238 e. The Morgan fingerprint density at radius 1 is 1.14 bits per heavy atom. The average Bonchev–Trinajstić information content (AvgIpc) is 3.30. The smallest absolute Gasteiger partial charge is 0.238 e. The summed E-state index contributed by atoms with van der Waals surface area (Å²) in [6, 6.07) is 3.47. The van der Waals surface area contributed by atoms with Crippen molar-refractivity contribution in [3.63, 3.8) is 0 Å². The number of nitrogens with one attached hydrogen (secondary N) is 2. The Kier molecular flexibility index (Phi) is 7.27. The van der Waals surface area contributed by atoms with Crippen LogP contribution in [0.3, 0.4) is 0 Å². The molecule has 0 aliphatic heterocycles. The van der Waals surface area contributed by atoms with Gasteiger partial charge in [0.1, 0.15) is 0 Å². The van der Waals surface area contributed by atoms with E-state index in [4.69, 9.17) is 14.2 Å². The van der Waals surface area contributed by atoms with Gasteiger partial charge in [-0.25, -0.2) is 0 Å². The SMILES string of the molecule is COc1ccc(NC(=O)CNCC2CC2)c(OC)c1OC.Cl. The number of carbonyl (C=O) groups excluding carboxylic acids is 1. The van der Waals surface area contributed by atoms with Crippen molar-refractivity contribution < 1.29 is 19.0 Å². The number of carbonyl (C=O) groups is 1. The largest absolute Gasteiger partial charge is 0.493 e. The van der Waals surface area contributed by atoms with E-state index in [1.165, 1.54) is 27.1 Å². The topological polar surface area (TPSA) is 68.8 Å². The highest BCUT2D eigenvalue weighted by Crippen LogP contribution is 2.42. The summed E-state index contributed by atoms with van der Waals surface area (Å²) in [4.78, 5) is 11.9. The summed E-state index contributed by atoms with van der Waals surface area (Å²) in [5, 5.41) is 5.97. The number of rotatable bonds is 8. The maximum absolute atomic E-state index is 11.9. The Morgan fingerprint density at radius 2 is 1.82 bits per heavy atom. The second-order valence-electron chi connectivity index (χ2n) is 5.00. The van der Waals surface area contributed by atoms with E-state index in [0.29, 0.717) is 22.9 Å². The lowest BCUT2D eigenvalue weighted by Crippen LogP contribution is -2.29. The fraction of sp³-hybridized carbons (Fsp3) is 0.533. The van der Waals surface area contributed by atoms with E-state index in [0.717, 1.165) is 12.5 Å². The molecule has 0 unspecified atom stereocenters. The van der Waals surface area contributed by atoms with Crippen molar-refractivity contribution in [2.24, 2.45) is 5.92 Å². The summed E-state index contributed by atoms with van der Waals surface area (Å²) in [7, 11) is 4.61. The summed E-state index contributed by atoms with van der Waals surface area (Å²) in [6.07, 6.45) is 2.52. The Morgan fingerprint density at radius 3 is 2.36 bits per heavy atom. The Hall–Kier alpha value is -1.66. The fourth-order valence-electron chi connectivity index (χ4n) is 2.11. The first-order valence-corrected chi connectivity index (χ1v) is 6.99. The molecule has 0 bridgehead atoms. The van der Waals surface area contributed by atoms with Gasteiger partial charge in [-0.2, -0.15) is 0 Å². The molecule has 0 spiro atoms. The Bertz CT molecular complexity index is 507. The molecular weight excluding hydrogens is 308 g/mol. The molecule has 22 heavy (non-hydrogen) atoms. The number of hydrogen-bond donors (Lipinski definition) is 2. The van der Waals surface area contributed by atoms with E-state index < -0.39 is 0 Å². The van der Waals surface area contributed by atoms with Crippen LogP contribution in [-0.2, 0) is 4.79 Å². The lowest BCUT2D eigenvalue weighted by molar-refractivity contribution is -0.115. The molecule has 1 aromatic rings. The van der Waals surface area contributed by atoms with Crippen molar-refractivity contribution in [1.82, 2.24) is 5.32 Å². The Labute approximate surface area is 136 Å². The van der Waals surface area contributed by atoms with Gasteiger partial charge in [0, 0.05) is 0 Å². The number of anilines is 1. The third-order valence-corrected chi connectivity index (χ3v) is 3.39. The third-order valence-electron chi connectivity index (χ3n) is 3.39. The number of amides is 1.